The molecule has 0 radical (unpaired) electrons. The number of hydrogen-bond donors (Lipinski definition) is 4. The SMILES string of the molecule is Cc1cc(C(C(=O)NC(Cc2ccccc2)C(=O)OC(C)(C)C)N(C)C(=O)C(Cc2ccc(O)cc2)NC(=O)OC(C)(C)C)ccc1O. The first kappa shape index (κ1) is 37.4. The molecule has 0 bridgehead atoms. The van der Waals surface area contributed by atoms with Crippen molar-refractivity contribution in [3.05, 3.63) is 95.1 Å². The summed E-state index contributed by atoms with van der Waals surface area (Å²) in [5.74, 6) is -1.92. The number of esters is 1. The number of phenols is 2. The lowest BCUT2D eigenvalue weighted by Gasteiger charge is -2.33. The molecule has 11 nitrogen and oxygen atoms in total. The van der Waals surface area contributed by atoms with E-state index in [0.717, 1.165) is 5.56 Å². The molecule has 0 saturated carbocycles. The maximum atomic E-state index is 14.3. The summed E-state index contributed by atoms with van der Waals surface area (Å²) in [6.45, 7) is 11.9. The second-order valence-electron chi connectivity index (χ2n) is 13.8. The lowest BCUT2D eigenvalue weighted by Crippen LogP contribution is -2.54. The van der Waals surface area contributed by atoms with Crippen LogP contribution in [0.15, 0.2) is 72.8 Å². The second kappa shape index (κ2) is 15.7. The largest absolute Gasteiger partial charge is 0.508 e. The number of nitrogens with one attached hydrogen (secondary N) is 2. The van der Waals surface area contributed by atoms with E-state index in [1.807, 2.05) is 30.3 Å². The van der Waals surface area contributed by atoms with Crippen molar-refractivity contribution in [3.8, 4) is 11.5 Å². The molecule has 258 valence electrons. The molecule has 0 spiro atoms. The van der Waals surface area contributed by atoms with Gasteiger partial charge in [-0.05, 0) is 95.0 Å². The summed E-state index contributed by atoms with van der Waals surface area (Å²) in [5, 5.41) is 25.5. The fraction of sp³-hybridized carbons (Fsp3) is 0.405. The number of hydrogen-bond acceptors (Lipinski definition) is 8. The van der Waals surface area contributed by atoms with E-state index in [1.165, 1.54) is 36.2 Å². The third kappa shape index (κ3) is 11.3. The van der Waals surface area contributed by atoms with Gasteiger partial charge in [0, 0.05) is 19.9 Å². The van der Waals surface area contributed by atoms with Gasteiger partial charge in [0.25, 0.3) is 0 Å². The molecule has 3 rings (SSSR count). The van der Waals surface area contributed by atoms with Crippen LogP contribution in [0.1, 0.15) is 69.8 Å². The minimum atomic E-state index is -1.29. The molecule has 3 aromatic rings. The molecule has 0 aliphatic heterocycles. The minimum Gasteiger partial charge on any atom is -0.508 e. The van der Waals surface area contributed by atoms with Crippen LogP contribution in [-0.4, -0.2) is 69.3 Å². The fourth-order valence-electron chi connectivity index (χ4n) is 4.96. The molecule has 0 aromatic heterocycles. The topological polar surface area (TPSA) is 154 Å². The quantitative estimate of drug-likeness (QED) is 0.207. The molecular formula is C37H47N3O8. The number of carbonyl (C=O) groups excluding carboxylic acids is 4. The Morgan fingerprint density at radius 3 is 1.88 bits per heavy atom. The summed E-state index contributed by atoms with van der Waals surface area (Å²) in [4.78, 5) is 56.0. The molecular weight excluding hydrogens is 614 g/mol. The number of nitrogens with zero attached hydrogens (tertiary/aromatic N) is 1. The second-order valence-corrected chi connectivity index (χ2v) is 13.8. The predicted octanol–water partition coefficient (Wildman–Crippen LogP) is 5.11. The van der Waals surface area contributed by atoms with Crippen LogP contribution in [-0.2, 0) is 36.7 Å². The van der Waals surface area contributed by atoms with Gasteiger partial charge in [-0.2, -0.15) is 0 Å². The Balaban J connectivity index is 2.03. The molecule has 48 heavy (non-hydrogen) atoms. The Kier molecular flexibility index (Phi) is 12.2. The molecule has 4 N–H and O–H groups in total. The summed E-state index contributed by atoms with van der Waals surface area (Å²) < 4.78 is 11.1. The van der Waals surface area contributed by atoms with Gasteiger partial charge in [0.15, 0.2) is 0 Å². The van der Waals surface area contributed by atoms with Crippen LogP contribution in [0.5, 0.6) is 11.5 Å². The molecule has 0 fully saturated rings. The van der Waals surface area contributed by atoms with E-state index in [-0.39, 0.29) is 24.3 Å². The summed E-state index contributed by atoms with van der Waals surface area (Å²) in [5.41, 5.74) is 0.569. The first-order valence-electron chi connectivity index (χ1n) is 15.7. The van der Waals surface area contributed by atoms with Crippen molar-refractivity contribution in [2.24, 2.45) is 0 Å². The Morgan fingerprint density at radius 1 is 0.750 bits per heavy atom. The lowest BCUT2D eigenvalue weighted by molar-refractivity contribution is -0.159. The van der Waals surface area contributed by atoms with Crippen molar-refractivity contribution < 1.29 is 38.9 Å². The van der Waals surface area contributed by atoms with Gasteiger partial charge in [0.2, 0.25) is 11.8 Å². The zero-order valence-corrected chi connectivity index (χ0v) is 28.9. The molecule has 3 amide bonds. The maximum Gasteiger partial charge on any atom is 0.408 e. The Hall–Kier alpha value is -5.06. The van der Waals surface area contributed by atoms with Gasteiger partial charge in [-0.15, -0.1) is 0 Å². The van der Waals surface area contributed by atoms with Crippen LogP contribution in [0.4, 0.5) is 4.79 Å². The Morgan fingerprint density at radius 2 is 1.31 bits per heavy atom. The van der Waals surface area contributed by atoms with Gasteiger partial charge in [0.05, 0.1) is 0 Å². The van der Waals surface area contributed by atoms with E-state index >= 15 is 0 Å². The molecule has 3 atom stereocenters. The average molecular weight is 662 g/mol. The number of aryl methyl sites for hydroxylation is 1. The number of likely N-dealkylation sites (N-methyl/N-ethyl adjacent to an activating group) is 1. The Bertz CT molecular complexity index is 1580. The number of alkyl carbamates (subject to hydrolysis) is 1. The highest BCUT2D eigenvalue weighted by Gasteiger charge is 2.37. The third-order valence-electron chi connectivity index (χ3n) is 7.18. The molecule has 0 aliphatic rings. The van der Waals surface area contributed by atoms with E-state index in [9.17, 15) is 29.4 Å². The van der Waals surface area contributed by atoms with E-state index < -0.39 is 53.2 Å². The van der Waals surface area contributed by atoms with E-state index in [4.69, 9.17) is 9.47 Å². The van der Waals surface area contributed by atoms with Crippen molar-refractivity contribution in [1.82, 2.24) is 15.5 Å². The van der Waals surface area contributed by atoms with Crippen LogP contribution in [0.3, 0.4) is 0 Å². The number of aromatic hydroxyl groups is 2. The fourth-order valence-corrected chi connectivity index (χ4v) is 4.96. The summed E-state index contributed by atoms with van der Waals surface area (Å²) >= 11 is 0. The minimum absolute atomic E-state index is 0.000559. The standard InChI is InChI=1S/C37H47N3O8/c1-23-20-26(16-19-30(23)42)31(32(43)38-29(34(45)47-36(2,3)4)22-24-12-10-9-11-13-24)40(8)33(44)28(39-35(46)48-37(5,6)7)21-25-14-17-27(41)18-15-25/h9-20,28-29,31,41-42H,21-22H2,1-8H3,(H,38,43)(H,39,46). The predicted molar refractivity (Wildman–Crippen MR) is 181 cm³/mol. The maximum absolute atomic E-state index is 14.3. The van der Waals surface area contributed by atoms with Gasteiger partial charge < -0.3 is 35.2 Å². The first-order valence-corrected chi connectivity index (χ1v) is 15.7. The first-order chi connectivity index (χ1) is 22.3. The van der Waals surface area contributed by atoms with Gasteiger partial charge in [-0.1, -0.05) is 48.5 Å². The summed E-state index contributed by atoms with van der Waals surface area (Å²) in [7, 11) is 1.43. The van der Waals surface area contributed by atoms with E-state index in [0.29, 0.717) is 16.7 Å². The van der Waals surface area contributed by atoms with Crippen molar-refractivity contribution >= 4 is 23.9 Å². The number of ether oxygens (including phenoxy) is 2. The number of phenolic OH excluding ortho intramolecular Hbond substituents is 2. The van der Waals surface area contributed by atoms with Crippen LogP contribution >= 0.6 is 0 Å². The number of amides is 3. The third-order valence-corrected chi connectivity index (χ3v) is 7.18. The van der Waals surface area contributed by atoms with E-state index in [1.54, 1.807) is 66.7 Å². The van der Waals surface area contributed by atoms with Crippen molar-refractivity contribution in [2.75, 3.05) is 7.05 Å². The molecule has 3 unspecified atom stereocenters. The van der Waals surface area contributed by atoms with Crippen molar-refractivity contribution in [2.45, 2.75) is 90.6 Å². The van der Waals surface area contributed by atoms with Crippen LogP contribution in [0.25, 0.3) is 0 Å². The summed E-state index contributed by atoms with van der Waals surface area (Å²) in [6.07, 6.45) is -0.688. The van der Waals surface area contributed by atoms with Gasteiger partial charge >= 0.3 is 12.1 Å². The molecule has 0 aliphatic carbocycles. The van der Waals surface area contributed by atoms with Crippen molar-refractivity contribution in [1.29, 1.82) is 0 Å². The monoisotopic (exact) mass is 661 g/mol. The molecule has 0 saturated heterocycles. The highest BCUT2D eigenvalue weighted by atomic mass is 16.6. The summed E-state index contributed by atoms with van der Waals surface area (Å²) in [6, 6.07) is 16.3. The molecule has 11 heteroatoms. The van der Waals surface area contributed by atoms with Crippen LogP contribution in [0, 0.1) is 6.92 Å². The lowest BCUT2D eigenvalue weighted by atomic mass is 9.98. The van der Waals surface area contributed by atoms with Crippen molar-refractivity contribution in [3.63, 3.8) is 0 Å². The zero-order valence-electron chi connectivity index (χ0n) is 28.9. The molecule has 3 aromatic carbocycles. The zero-order chi connectivity index (χ0) is 35.8. The highest BCUT2D eigenvalue weighted by Crippen LogP contribution is 2.27. The number of carbonyl (C=O) groups is 4. The van der Waals surface area contributed by atoms with Gasteiger partial charge in [-0.25, -0.2) is 9.59 Å². The van der Waals surface area contributed by atoms with Crippen LogP contribution < -0.4 is 10.6 Å². The number of benzene rings is 3. The average Bonchev–Trinajstić information content (AvgIpc) is 2.97. The number of rotatable bonds is 11. The van der Waals surface area contributed by atoms with Gasteiger partial charge in [0.1, 0.15) is 40.8 Å². The van der Waals surface area contributed by atoms with Gasteiger partial charge in [-0.3, -0.25) is 9.59 Å². The normalized spacial score (nSPS) is 13.4. The van der Waals surface area contributed by atoms with Crippen LogP contribution in [0.2, 0.25) is 0 Å². The smallest absolute Gasteiger partial charge is 0.408 e. The molecule has 0 heterocycles. The van der Waals surface area contributed by atoms with E-state index in [2.05, 4.69) is 10.6 Å². The highest BCUT2D eigenvalue weighted by molar-refractivity contribution is 5.94. The Labute approximate surface area is 282 Å².